The number of H-pyrrole nitrogens is 1. The lowest BCUT2D eigenvalue weighted by atomic mass is 10.1. The number of hydrogen-bond donors (Lipinski definition) is 2. The fourth-order valence-electron chi connectivity index (χ4n) is 6.26. The number of fused-ring (bicyclic) bond motifs is 1. The van der Waals surface area contributed by atoms with Crippen LogP contribution in [0.15, 0.2) is 70.0 Å². The molecule has 3 aromatic heterocycles. The summed E-state index contributed by atoms with van der Waals surface area (Å²) < 4.78 is 11.6. The molecule has 5 heterocycles. The van der Waals surface area contributed by atoms with Gasteiger partial charge in [0.1, 0.15) is 6.10 Å². The molecule has 2 atom stereocenters. The molecule has 2 saturated heterocycles. The molecule has 7 rings (SSSR count). The number of amides is 1. The Morgan fingerprint density at radius 3 is 2.49 bits per heavy atom. The van der Waals surface area contributed by atoms with Crippen molar-refractivity contribution in [2.45, 2.75) is 39.0 Å². The fourth-order valence-corrected chi connectivity index (χ4v) is 6.53. The van der Waals surface area contributed by atoms with Crippen molar-refractivity contribution in [1.82, 2.24) is 25.1 Å². The summed E-state index contributed by atoms with van der Waals surface area (Å²) in [6.07, 6.45) is 1.58. The molecule has 2 aliphatic rings. The molecule has 242 valence electrons. The summed E-state index contributed by atoms with van der Waals surface area (Å²) in [5.41, 5.74) is 6.60. The minimum absolute atomic E-state index is 0.0448. The highest BCUT2D eigenvalue weighted by atomic mass is 35.5. The zero-order chi connectivity index (χ0) is 32.7. The van der Waals surface area contributed by atoms with Crippen LogP contribution in [-0.2, 0) is 17.7 Å². The normalized spacial score (nSPS) is 18.6. The number of pyridine rings is 2. The first-order valence-corrected chi connectivity index (χ1v) is 16.1. The molecule has 1 amide bonds. The fraction of sp³-hybridized carbons (Fsp3) is 0.324. The van der Waals surface area contributed by atoms with Gasteiger partial charge < -0.3 is 24.4 Å². The third-order valence-corrected chi connectivity index (χ3v) is 9.18. The van der Waals surface area contributed by atoms with E-state index in [1.54, 1.807) is 32.2 Å². The number of aromatic nitrogens is 4. The van der Waals surface area contributed by atoms with Crippen LogP contribution in [0.25, 0.3) is 22.5 Å². The number of nitrogens with one attached hydrogen (secondary N) is 2. The van der Waals surface area contributed by atoms with E-state index in [1.165, 1.54) is 4.90 Å². The molecule has 0 aliphatic carbocycles. The van der Waals surface area contributed by atoms with Crippen molar-refractivity contribution >= 4 is 45.8 Å². The summed E-state index contributed by atoms with van der Waals surface area (Å²) in [5.74, 6) is 0.647. The van der Waals surface area contributed by atoms with E-state index in [1.807, 2.05) is 37.4 Å². The van der Waals surface area contributed by atoms with Gasteiger partial charge in [-0.1, -0.05) is 18.5 Å². The van der Waals surface area contributed by atoms with Crippen LogP contribution in [0.2, 0.25) is 5.02 Å². The zero-order valence-electron chi connectivity index (χ0n) is 26.4. The van der Waals surface area contributed by atoms with Gasteiger partial charge in [0.2, 0.25) is 11.8 Å². The van der Waals surface area contributed by atoms with Crippen molar-refractivity contribution in [1.29, 1.82) is 0 Å². The molecular weight excluding hydrogens is 620 g/mol. The van der Waals surface area contributed by atoms with Gasteiger partial charge in [-0.05, 0) is 73.5 Å². The van der Waals surface area contributed by atoms with E-state index in [0.717, 1.165) is 71.8 Å². The second-order valence-electron chi connectivity index (χ2n) is 11.8. The molecule has 2 aromatic carbocycles. The highest BCUT2D eigenvalue weighted by molar-refractivity contribution is 6.33. The number of piperazine rings is 1. The molecule has 2 fully saturated rings. The lowest BCUT2D eigenvalue weighted by molar-refractivity contribution is 0.138. The minimum atomic E-state index is -0.600. The quantitative estimate of drug-likeness (QED) is 0.217. The topological polar surface area (TPSA) is 133 Å². The van der Waals surface area contributed by atoms with Gasteiger partial charge in [-0.15, -0.1) is 10.2 Å². The predicted molar refractivity (Wildman–Crippen MR) is 181 cm³/mol. The van der Waals surface area contributed by atoms with Crippen LogP contribution in [0.3, 0.4) is 0 Å². The van der Waals surface area contributed by atoms with Gasteiger partial charge in [0.05, 0.1) is 21.7 Å². The monoisotopic (exact) mass is 654 g/mol. The Bertz CT molecular complexity index is 1990. The number of aromatic amines is 1. The number of ether oxygens (including phenoxy) is 1. The summed E-state index contributed by atoms with van der Waals surface area (Å²) in [6.45, 7) is 8.10. The van der Waals surface area contributed by atoms with Crippen molar-refractivity contribution in [3.05, 3.63) is 93.2 Å². The van der Waals surface area contributed by atoms with Crippen LogP contribution in [-0.4, -0.2) is 70.5 Å². The molecule has 0 saturated carbocycles. The molecule has 12 nitrogen and oxygen atoms in total. The van der Waals surface area contributed by atoms with Gasteiger partial charge in [0.25, 0.3) is 5.56 Å². The zero-order valence-corrected chi connectivity index (χ0v) is 27.1. The molecule has 0 radical (unpaired) electrons. The average molecular weight is 655 g/mol. The van der Waals surface area contributed by atoms with Gasteiger partial charge >= 0.3 is 6.09 Å². The molecule has 13 heteroatoms. The first-order chi connectivity index (χ1) is 22.8. The Kier molecular flexibility index (Phi) is 8.29. The van der Waals surface area contributed by atoms with Gasteiger partial charge in [-0.2, -0.15) is 0 Å². The maximum absolute atomic E-state index is 12.8. The first kappa shape index (κ1) is 30.7. The van der Waals surface area contributed by atoms with E-state index in [0.29, 0.717) is 23.0 Å². The Morgan fingerprint density at radius 2 is 1.77 bits per heavy atom. The average Bonchev–Trinajstić information content (AvgIpc) is 3.68. The SMILES string of the molecule is CCc1cc2ncc(CN3CCN(c4ccc(-c5nnc([C@H]6[C@H](C)OC(=O)N6c6ccc(NC)c(Cl)c6)o5)cc4)CC3)cc2[nH]c1=O. The van der Waals surface area contributed by atoms with Crippen LogP contribution in [0.5, 0.6) is 0 Å². The molecule has 2 N–H and O–H groups in total. The van der Waals surface area contributed by atoms with Crippen molar-refractivity contribution in [3.63, 3.8) is 0 Å². The van der Waals surface area contributed by atoms with Crippen LogP contribution in [0, 0.1) is 0 Å². The molecule has 0 spiro atoms. The first-order valence-electron chi connectivity index (χ1n) is 15.7. The smallest absolute Gasteiger partial charge is 0.415 e. The van der Waals surface area contributed by atoms with Gasteiger partial charge in [0.15, 0.2) is 6.04 Å². The van der Waals surface area contributed by atoms with E-state index in [2.05, 4.69) is 47.4 Å². The summed E-state index contributed by atoms with van der Waals surface area (Å²) >= 11 is 6.40. The number of hydrogen-bond acceptors (Lipinski definition) is 10. The third-order valence-electron chi connectivity index (χ3n) is 8.86. The number of rotatable bonds is 8. The standard InChI is InChI=1S/C34H35ClN8O4/c1-4-22-16-28-29(38-31(22)44)15-21(18-37-28)19-41-11-13-42(14-12-41)24-7-5-23(6-8-24)32-39-40-33(47-32)30-20(2)46-34(45)43(30)25-9-10-27(36-3)26(35)17-25/h5-10,15-18,20,30,36H,4,11-14,19H2,1-3H3,(H,38,44)/t20-,30+/m0/s1. The van der Waals surface area contributed by atoms with E-state index >= 15 is 0 Å². The maximum Gasteiger partial charge on any atom is 0.415 e. The van der Waals surface area contributed by atoms with Gasteiger partial charge in [0, 0.05) is 68.5 Å². The van der Waals surface area contributed by atoms with Crippen LogP contribution >= 0.6 is 11.6 Å². The van der Waals surface area contributed by atoms with E-state index in [-0.39, 0.29) is 11.4 Å². The van der Waals surface area contributed by atoms with E-state index in [9.17, 15) is 9.59 Å². The predicted octanol–water partition coefficient (Wildman–Crippen LogP) is 5.64. The van der Waals surface area contributed by atoms with Crippen LogP contribution in [0.4, 0.5) is 21.9 Å². The Balaban J connectivity index is 0.996. The molecule has 0 unspecified atom stereocenters. The summed E-state index contributed by atoms with van der Waals surface area (Å²) in [6, 6.07) is 16.7. The number of carbonyl (C=O) groups is 1. The number of nitrogens with zero attached hydrogens (tertiary/aromatic N) is 6. The van der Waals surface area contributed by atoms with Crippen molar-refractivity contribution in [2.24, 2.45) is 0 Å². The maximum atomic E-state index is 12.8. The number of aryl methyl sites for hydroxylation is 1. The second-order valence-corrected chi connectivity index (χ2v) is 12.2. The minimum Gasteiger partial charge on any atom is -0.443 e. The summed E-state index contributed by atoms with van der Waals surface area (Å²) in [5, 5.41) is 12.1. The number of anilines is 3. The largest absolute Gasteiger partial charge is 0.443 e. The summed E-state index contributed by atoms with van der Waals surface area (Å²) in [4.78, 5) is 38.9. The number of halogens is 1. The van der Waals surface area contributed by atoms with E-state index < -0.39 is 18.2 Å². The number of carbonyl (C=O) groups excluding carboxylic acids is 1. The van der Waals surface area contributed by atoms with Crippen molar-refractivity contribution in [3.8, 4) is 11.5 Å². The molecule has 2 aliphatic heterocycles. The lowest BCUT2D eigenvalue weighted by Crippen LogP contribution is -2.45. The van der Waals surface area contributed by atoms with Crippen molar-refractivity contribution < 1.29 is 13.9 Å². The lowest BCUT2D eigenvalue weighted by Gasteiger charge is -2.36. The highest BCUT2D eigenvalue weighted by Gasteiger charge is 2.44. The molecule has 47 heavy (non-hydrogen) atoms. The number of cyclic esters (lactones) is 1. The third kappa shape index (κ3) is 6.01. The Hall–Kier alpha value is -4.94. The van der Waals surface area contributed by atoms with Gasteiger partial charge in [-0.3, -0.25) is 19.6 Å². The highest BCUT2D eigenvalue weighted by Crippen LogP contribution is 2.39. The van der Waals surface area contributed by atoms with E-state index in [4.69, 9.17) is 20.8 Å². The molecular formula is C34H35ClN8O4. The number of benzene rings is 2. The Labute approximate surface area is 276 Å². The summed E-state index contributed by atoms with van der Waals surface area (Å²) in [7, 11) is 1.78. The van der Waals surface area contributed by atoms with Crippen molar-refractivity contribution in [2.75, 3.05) is 48.3 Å². The van der Waals surface area contributed by atoms with Crippen LogP contribution < -0.4 is 20.7 Å². The van der Waals surface area contributed by atoms with Crippen LogP contribution in [0.1, 0.15) is 36.9 Å². The Morgan fingerprint density at radius 1 is 1.00 bits per heavy atom. The molecule has 0 bridgehead atoms. The molecule has 5 aromatic rings. The second kappa shape index (κ2) is 12.7. The van der Waals surface area contributed by atoms with Gasteiger partial charge in [-0.25, -0.2) is 4.79 Å².